The van der Waals surface area contributed by atoms with Crippen molar-refractivity contribution in [2.75, 3.05) is 25.1 Å². The number of sulfone groups is 1. The average molecular weight is 365 g/mol. The Morgan fingerprint density at radius 3 is 2.42 bits per heavy atom. The van der Waals surface area contributed by atoms with E-state index >= 15 is 0 Å². The first-order valence-corrected chi connectivity index (χ1v) is 9.34. The number of rotatable bonds is 5. The molecule has 1 saturated heterocycles. The Kier molecular flexibility index (Phi) is 5.54. The number of likely N-dealkylation sites (N-methyl/N-ethyl adjacent to an activating group) is 1. The van der Waals surface area contributed by atoms with Gasteiger partial charge in [-0.3, -0.25) is 4.79 Å². The third kappa shape index (κ3) is 5.48. The molecule has 1 unspecified atom stereocenters. The van der Waals surface area contributed by atoms with Crippen LogP contribution in [-0.2, 0) is 27.4 Å². The highest BCUT2D eigenvalue weighted by atomic mass is 32.2. The van der Waals surface area contributed by atoms with Crippen molar-refractivity contribution in [1.29, 1.82) is 0 Å². The summed E-state index contributed by atoms with van der Waals surface area (Å²) in [4.78, 5) is 12.7. The highest BCUT2D eigenvalue weighted by molar-refractivity contribution is 7.91. The zero-order valence-electron chi connectivity index (χ0n) is 13.2. The molecule has 0 aromatic heterocycles. The molecular weight excluding hydrogens is 345 g/mol. The molecule has 0 aliphatic carbocycles. The van der Waals surface area contributed by atoms with Gasteiger partial charge in [0.2, 0.25) is 0 Å². The highest BCUT2D eigenvalue weighted by Gasteiger charge is 2.30. The first kappa shape index (κ1) is 18.7. The Hall–Kier alpha value is -1.61. The zero-order chi connectivity index (χ0) is 18.0. The van der Waals surface area contributed by atoms with Gasteiger partial charge in [-0.15, -0.1) is 0 Å². The molecule has 1 aliphatic heterocycles. The molecule has 9 heteroatoms. The maximum absolute atomic E-state index is 12.5. The van der Waals surface area contributed by atoms with E-state index in [2.05, 4.69) is 5.32 Å². The van der Waals surface area contributed by atoms with Gasteiger partial charge in [0.05, 0.1) is 24.1 Å². The van der Waals surface area contributed by atoms with E-state index in [9.17, 15) is 26.4 Å². The lowest BCUT2D eigenvalue weighted by molar-refractivity contribution is -0.885. The van der Waals surface area contributed by atoms with Gasteiger partial charge in [0, 0.05) is 11.6 Å². The van der Waals surface area contributed by atoms with E-state index in [1.54, 1.807) is 7.05 Å². The molecule has 2 atom stereocenters. The van der Waals surface area contributed by atoms with Crippen LogP contribution in [0.1, 0.15) is 17.5 Å². The molecule has 5 nitrogen and oxygen atoms in total. The van der Waals surface area contributed by atoms with Crippen molar-refractivity contribution in [2.24, 2.45) is 0 Å². The van der Waals surface area contributed by atoms with Crippen LogP contribution in [0.3, 0.4) is 0 Å². The number of nitrogens with one attached hydrogen (secondary N) is 2. The predicted molar refractivity (Wildman–Crippen MR) is 82.1 cm³/mol. The highest BCUT2D eigenvalue weighted by Crippen LogP contribution is 2.28. The predicted octanol–water partition coefficient (Wildman–Crippen LogP) is 0.0234. The largest absolute Gasteiger partial charge is 0.416 e. The molecule has 134 valence electrons. The summed E-state index contributed by atoms with van der Waals surface area (Å²) in [5.41, 5.74) is -0.0131. The van der Waals surface area contributed by atoms with Gasteiger partial charge < -0.3 is 10.2 Å². The van der Waals surface area contributed by atoms with Crippen LogP contribution in [0.2, 0.25) is 0 Å². The summed E-state index contributed by atoms with van der Waals surface area (Å²) in [6, 6.07) is 4.49. The summed E-state index contributed by atoms with van der Waals surface area (Å²) >= 11 is 0. The molecule has 1 heterocycles. The first-order valence-electron chi connectivity index (χ1n) is 7.52. The lowest BCUT2D eigenvalue weighted by Crippen LogP contribution is -3.09. The second-order valence-electron chi connectivity index (χ2n) is 6.17. The molecule has 1 aromatic carbocycles. The van der Waals surface area contributed by atoms with Crippen LogP contribution in [0.4, 0.5) is 13.2 Å². The van der Waals surface area contributed by atoms with Crippen LogP contribution < -0.4 is 10.2 Å². The summed E-state index contributed by atoms with van der Waals surface area (Å²) in [5.74, 6) is -0.204. The second-order valence-corrected chi connectivity index (χ2v) is 8.40. The van der Waals surface area contributed by atoms with E-state index in [0.29, 0.717) is 18.5 Å². The molecule has 1 aromatic rings. The number of hydrogen-bond acceptors (Lipinski definition) is 3. The Balaban J connectivity index is 1.82. The third-order valence-electron chi connectivity index (χ3n) is 3.85. The maximum atomic E-state index is 12.5. The molecule has 1 aliphatic rings. The van der Waals surface area contributed by atoms with Crippen LogP contribution in [-0.4, -0.2) is 45.5 Å². The van der Waals surface area contributed by atoms with Gasteiger partial charge in [-0.05, 0) is 18.6 Å². The summed E-state index contributed by atoms with van der Waals surface area (Å²) < 4.78 is 60.2. The Labute approximate surface area is 138 Å². The summed E-state index contributed by atoms with van der Waals surface area (Å²) in [7, 11) is -1.30. The Morgan fingerprint density at radius 1 is 1.29 bits per heavy atom. The van der Waals surface area contributed by atoms with Gasteiger partial charge in [-0.2, -0.15) is 13.2 Å². The van der Waals surface area contributed by atoms with Crippen molar-refractivity contribution < 1.29 is 31.3 Å². The first-order chi connectivity index (χ1) is 11.0. The SMILES string of the molecule is C[NH+](CC(=O)N[C@H]1CCS(=O)(=O)C1)Cc1ccc(C(F)(F)F)cc1. The van der Waals surface area contributed by atoms with Crippen molar-refractivity contribution in [3.05, 3.63) is 35.4 Å². The van der Waals surface area contributed by atoms with E-state index in [0.717, 1.165) is 17.0 Å². The number of benzene rings is 1. The average Bonchev–Trinajstić information content (AvgIpc) is 2.77. The molecule has 24 heavy (non-hydrogen) atoms. The van der Waals surface area contributed by atoms with E-state index in [1.807, 2.05) is 0 Å². The number of alkyl halides is 3. The molecule has 1 fully saturated rings. The van der Waals surface area contributed by atoms with E-state index in [4.69, 9.17) is 0 Å². The van der Waals surface area contributed by atoms with Gasteiger partial charge in [0.15, 0.2) is 16.4 Å². The molecule has 0 spiro atoms. The van der Waals surface area contributed by atoms with Crippen LogP contribution in [0, 0.1) is 0 Å². The van der Waals surface area contributed by atoms with Gasteiger partial charge >= 0.3 is 6.18 Å². The quantitative estimate of drug-likeness (QED) is 0.773. The van der Waals surface area contributed by atoms with Gasteiger partial charge in [-0.1, -0.05) is 12.1 Å². The van der Waals surface area contributed by atoms with E-state index in [-0.39, 0.29) is 30.0 Å². The van der Waals surface area contributed by atoms with Gasteiger partial charge in [0.1, 0.15) is 6.54 Å². The minimum Gasteiger partial charge on any atom is -0.347 e. The van der Waals surface area contributed by atoms with Gasteiger partial charge in [-0.25, -0.2) is 8.42 Å². The molecule has 2 rings (SSSR count). The fraction of sp³-hybridized carbons (Fsp3) is 0.533. The van der Waals surface area contributed by atoms with Crippen molar-refractivity contribution in [2.45, 2.75) is 25.2 Å². The summed E-state index contributed by atoms with van der Waals surface area (Å²) in [6.45, 7) is 0.520. The smallest absolute Gasteiger partial charge is 0.347 e. The Bertz CT molecular complexity index is 687. The standard InChI is InChI=1S/C15H19F3N2O3S/c1-20(8-11-2-4-12(5-3-11)15(16,17)18)9-14(21)19-13-6-7-24(22,23)10-13/h2-5,13H,6-10H2,1H3,(H,19,21)/p+1/t13-/m0/s1. The normalized spacial score (nSPS) is 21.4. The maximum Gasteiger partial charge on any atom is 0.416 e. The van der Waals surface area contributed by atoms with Crippen LogP contribution in [0.5, 0.6) is 0 Å². The Morgan fingerprint density at radius 2 is 1.92 bits per heavy atom. The number of amides is 1. The van der Waals surface area contributed by atoms with Crippen molar-refractivity contribution in [3.63, 3.8) is 0 Å². The minimum atomic E-state index is -4.36. The van der Waals surface area contributed by atoms with Crippen LogP contribution in [0.15, 0.2) is 24.3 Å². The molecule has 0 saturated carbocycles. The van der Waals surface area contributed by atoms with Crippen LogP contribution in [0.25, 0.3) is 0 Å². The fourth-order valence-electron chi connectivity index (χ4n) is 2.68. The topological polar surface area (TPSA) is 67.7 Å². The monoisotopic (exact) mass is 365 g/mol. The minimum absolute atomic E-state index is 0.0311. The second kappa shape index (κ2) is 7.10. The van der Waals surface area contributed by atoms with Crippen molar-refractivity contribution in [1.82, 2.24) is 5.32 Å². The van der Waals surface area contributed by atoms with E-state index in [1.165, 1.54) is 12.1 Å². The molecule has 0 radical (unpaired) electrons. The number of hydrogen-bond donors (Lipinski definition) is 2. The number of halogens is 3. The molecular formula is C15H20F3N2O3S+. The molecule has 1 amide bonds. The fourth-order valence-corrected chi connectivity index (χ4v) is 4.36. The van der Waals surface area contributed by atoms with E-state index < -0.39 is 21.6 Å². The molecule has 0 bridgehead atoms. The summed E-state index contributed by atoms with van der Waals surface area (Å²) in [6.07, 6.45) is -3.94. The summed E-state index contributed by atoms with van der Waals surface area (Å²) in [5, 5.41) is 2.69. The van der Waals surface area contributed by atoms with Crippen LogP contribution >= 0.6 is 0 Å². The van der Waals surface area contributed by atoms with Crippen molar-refractivity contribution >= 4 is 15.7 Å². The lowest BCUT2D eigenvalue weighted by atomic mass is 10.1. The zero-order valence-corrected chi connectivity index (χ0v) is 14.0. The third-order valence-corrected chi connectivity index (χ3v) is 5.61. The molecule has 2 N–H and O–H groups in total. The lowest BCUT2D eigenvalue weighted by Gasteiger charge is -2.16. The number of quaternary nitrogens is 1. The number of carbonyl (C=O) groups excluding carboxylic acids is 1. The van der Waals surface area contributed by atoms with Crippen molar-refractivity contribution in [3.8, 4) is 0 Å². The van der Waals surface area contributed by atoms with Gasteiger partial charge in [0.25, 0.3) is 5.91 Å². The number of carbonyl (C=O) groups is 1.